The molecule has 24 heavy (non-hydrogen) atoms. The maximum Gasteiger partial charge on any atom is 0.255 e. The van der Waals surface area contributed by atoms with Crippen LogP contribution in [-0.2, 0) is 11.3 Å². The van der Waals surface area contributed by atoms with E-state index < -0.39 is 5.91 Å². The van der Waals surface area contributed by atoms with Gasteiger partial charge in [-0.15, -0.1) is 0 Å². The van der Waals surface area contributed by atoms with Gasteiger partial charge in [0.25, 0.3) is 5.91 Å². The predicted molar refractivity (Wildman–Crippen MR) is 96.0 cm³/mol. The van der Waals surface area contributed by atoms with Gasteiger partial charge in [0.2, 0.25) is 0 Å². The van der Waals surface area contributed by atoms with Gasteiger partial charge < -0.3 is 21.5 Å². The van der Waals surface area contributed by atoms with Crippen molar-refractivity contribution in [2.45, 2.75) is 20.4 Å². The van der Waals surface area contributed by atoms with Gasteiger partial charge >= 0.3 is 0 Å². The minimum absolute atomic E-state index is 0.150. The quantitative estimate of drug-likeness (QED) is 0.558. The molecule has 2 aromatic carbocycles. The number of rotatable bonds is 6. The maximum atomic E-state index is 10.7. The number of hydrogen-bond acceptors (Lipinski definition) is 3. The lowest BCUT2D eigenvalue weighted by molar-refractivity contribution is -0.119. The Hall–Kier alpha value is -3.02. The average Bonchev–Trinajstić information content (AvgIpc) is 2.55. The highest BCUT2D eigenvalue weighted by Gasteiger charge is 2.01. The molecule has 0 aliphatic rings. The van der Waals surface area contributed by atoms with Crippen LogP contribution in [0.4, 0.5) is 5.69 Å². The molecule has 0 aliphatic heterocycles. The Morgan fingerprint density at radius 1 is 1.12 bits per heavy atom. The first kappa shape index (κ1) is 17.3. The van der Waals surface area contributed by atoms with Crippen LogP contribution in [0, 0.1) is 13.8 Å². The summed E-state index contributed by atoms with van der Waals surface area (Å²) in [5.74, 6) is 0.393. The van der Waals surface area contributed by atoms with Gasteiger partial charge in [-0.2, -0.15) is 0 Å². The highest BCUT2D eigenvalue weighted by Crippen LogP contribution is 2.15. The standard InChI is InChI=1S/C18H22N4O2/c1-12-6-7-15(8-13(12)2)22-18(20)21-10-14-4-3-5-16(9-14)24-11-17(19)23/h3-9H,10-11H2,1-2H3,(H2,19,23)(H3,20,21,22). The Kier molecular flexibility index (Phi) is 5.78. The number of primary amides is 1. The molecule has 0 fully saturated rings. The Balaban J connectivity index is 1.97. The molecule has 0 atom stereocenters. The van der Waals surface area contributed by atoms with Gasteiger partial charge in [0.15, 0.2) is 12.6 Å². The second-order valence-corrected chi connectivity index (χ2v) is 5.53. The predicted octanol–water partition coefficient (Wildman–Crippen LogP) is 2.09. The summed E-state index contributed by atoms with van der Waals surface area (Å²) in [6.45, 7) is 4.36. The normalized spacial score (nSPS) is 11.2. The van der Waals surface area contributed by atoms with Crippen molar-refractivity contribution in [2.75, 3.05) is 11.9 Å². The number of benzene rings is 2. The average molecular weight is 326 g/mol. The van der Waals surface area contributed by atoms with Gasteiger partial charge in [-0.05, 0) is 54.8 Å². The molecule has 2 rings (SSSR count). The van der Waals surface area contributed by atoms with E-state index in [1.165, 1.54) is 11.1 Å². The highest BCUT2D eigenvalue weighted by atomic mass is 16.5. The molecule has 0 radical (unpaired) electrons. The fraction of sp³-hybridized carbons (Fsp3) is 0.222. The van der Waals surface area contributed by atoms with Crippen LogP contribution in [0.3, 0.4) is 0 Å². The fourth-order valence-corrected chi connectivity index (χ4v) is 2.07. The van der Waals surface area contributed by atoms with Crippen molar-refractivity contribution in [1.29, 1.82) is 0 Å². The molecule has 0 spiro atoms. The smallest absolute Gasteiger partial charge is 0.255 e. The third kappa shape index (κ3) is 5.31. The fourth-order valence-electron chi connectivity index (χ4n) is 2.07. The SMILES string of the molecule is Cc1ccc(NC(N)=NCc2cccc(OCC(N)=O)c2)cc1C. The molecule has 0 aromatic heterocycles. The molecular weight excluding hydrogens is 304 g/mol. The number of amides is 1. The van der Waals surface area contributed by atoms with Crippen molar-refractivity contribution in [3.8, 4) is 5.75 Å². The summed E-state index contributed by atoms with van der Waals surface area (Å²) < 4.78 is 5.27. The number of carbonyl (C=O) groups excluding carboxylic acids is 1. The minimum Gasteiger partial charge on any atom is -0.484 e. The van der Waals surface area contributed by atoms with Crippen LogP contribution in [-0.4, -0.2) is 18.5 Å². The summed E-state index contributed by atoms with van der Waals surface area (Å²) in [6.07, 6.45) is 0. The van der Waals surface area contributed by atoms with E-state index in [0.29, 0.717) is 18.3 Å². The molecule has 0 heterocycles. The van der Waals surface area contributed by atoms with Crippen molar-refractivity contribution in [1.82, 2.24) is 0 Å². The number of carbonyl (C=O) groups is 1. The lowest BCUT2D eigenvalue weighted by Crippen LogP contribution is -2.22. The van der Waals surface area contributed by atoms with E-state index in [1.807, 2.05) is 37.3 Å². The third-order valence-electron chi connectivity index (χ3n) is 3.49. The van der Waals surface area contributed by atoms with E-state index in [4.69, 9.17) is 16.2 Å². The van der Waals surface area contributed by atoms with Crippen LogP contribution in [0.2, 0.25) is 0 Å². The largest absolute Gasteiger partial charge is 0.484 e. The van der Waals surface area contributed by atoms with E-state index in [9.17, 15) is 4.79 Å². The van der Waals surface area contributed by atoms with Gasteiger partial charge in [0.1, 0.15) is 5.75 Å². The molecule has 6 heteroatoms. The molecule has 0 saturated carbocycles. The van der Waals surface area contributed by atoms with Crippen LogP contribution >= 0.6 is 0 Å². The van der Waals surface area contributed by atoms with Gasteiger partial charge in [0, 0.05) is 5.69 Å². The number of aliphatic imine (C=N–C) groups is 1. The topological polar surface area (TPSA) is 103 Å². The van der Waals surface area contributed by atoms with Crippen molar-refractivity contribution in [3.63, 3.8) is 0 Å². The number of nitrogens with two attached hydrogens (primary N) is 2. The first-order valence-electron chi connectivity index (χ1n) is 7.58. The number of aryl methyl sites for hydroxylation is 2. The zero-order chi connectivity index (χ0) is 17.5. The second-order valence-electron chi connectivity index (χ2n) is 5.53. The molecule has 0 bridgehead atoms. The second kappa shape index (κ2) is 8.01. The van der Waals surface area contributed by atoms with E-state index in [2.05, 4.69) is 17.2 Å². The summed E-state index contributed by atoms with van der Waals surface area (Å²) >= 11 is 0. The summed E-state index contributed by atoms with van der Waals surface area (Å²) in [7, 11) is 0. The van der Waals surface area contributed by atoms with Crippen molar-refractivity contribution in [2.24, 2.45) is 16.5 Å². The summed E-state index contributed by atoms with van der Waals surface area (Å²) in [5, 5.41) is 3.07. The summed E-state index contributed by atoms with van der Waals surface area (Å²) in [6, 6.07) is 13.3. The van der Waals surface area contributed by atoms with E-state index in [0.717, 1.165) is 11.3 Å². The van der Waals surface area contributed by atoms with E-state index >= 15 is 0 Å². The zero-order valence-electron chi connectivity index (χ0n) is 13.9. The van der Waals surface area contributed by atoms with Crippen LogP contribution in [0.15, 0.2) is 47.5 Å². The summed E-state index contributed by atoms with van der Waals surface area (Å²) in [5.41, 5.74) is 15.2. The summed E-state index contributed by atoms with van der Waals surface area (Å²) in [4.78, 5) is 15.1. The monoisotopic (exact) mass is 326 g/mol. The Labute approximate surface area is 141 Å². The van der Waals surface area contributed by atoms with Crippen LogP contribution in [0.25, 0.3) is 0 Å². The van der Waals surface area contributed by atoms with Gasteiger partial charge in [-0.25, -0.2) is 4.99 Å². The van der Waals surface area contributed by atoms with Gasteiger partial charge in [-0.1, -0.05) is 18.2 Å². The van der Waals surface area contributed by atoms with Crippen molar-refractivity contribution < 1.29 is 9.53 Å². The molecule has 0 unspecified atom stereocenters. The molecule has 0 saturated heterocycles. The molecule has 126 valence electrons. The van der Waals surface area contributed by atoms with Crippen molar-refractivity contribution >= 4 is 17.6 Å². The van der Waals surface area contributed by atoms with Gasteiger partial charge in [0.05, 0.1) is 6.54 Å². The Morgan fingerprint density at radius 2 is 1.92 bits per heavy atom. The van der Waals surface area contributed by atoms with Crippen LogP contribution < -0.4 is 21.5 Å². The molecule has 1 amide bonds. The lowest BCUT2D eigenvalue weighted by atomic mass is 10.1. The first-order chi connectivity index (χ1) is 11.4. The number of nitrogens with zero attached hydrogens (tertiary/aromatic N) is 1. The minimum atomic E-state index is -0.514. The van der Waals surface area contributed by atoms with E-state index in [-0.39, 0.29) is 6.61 Å². The molecule has 6 nitrogen and oxygen atoms in total. The van der Waals surface area contributed by atoms with Crippen LogP contribution in [0.5, 0.6) is 5.75 Å². The Bertz CT molecular complexity index is 756. The van der Waals surface area contributed by atoms with Gasteiger partial charge in [-0.3, -0.25) is 4.79 Å². The number of hydrogen-bond donors (Lipinski definition) is 3. The number of anilines is 1. The number of nitrogens with one attached hydrogen (secondary N) is 1. The zero-order valence-corrected chi connectivity index (χ0v) is 13.9. The maximum absolute atomic E-state index is 10.7. The van der Waals surface area contributed by atoms with Crippen molar-refractivity contribution in [3.05, 3.63) is 59.2 Å². The van der Waals surface area contributed by atoms with Crippen LogP contribution in [0.1, 0.15) is 16.7 Å². The third-order valence-corrected chi connectivity index (χ3v) is 3.49. The molecule has 2 aromatic rings. The Morgan fingerprint density at radius 3 is 2.62 bits per heavy atom. The number of ether oxygens (including phenoxy) is 1. The van der Waals surface area contributed by atoms with E-state index in [1.54, 1.807) is 12.1 Å². The highest BCUT2D eigenvalue weighted by molar-refractivity contribution is 5.92. The number of guanidine groups is 1. The molecular formula is C18H22N4O2. The first-order valence-corrected chi connectivity index (χ1v) is 7.58. The molecule has 5 N–H and O–H groups in total. The lowest BCUT2D eigenvalue weighted by Gasteiger charge is -2.08. The molecule has 0 aliphatic carbocycles.